The number of hydrogen-bond acceptors (Lipinski definition) is 3. The van der Waals surface area contributed by atoms with Crippen LogP contribution in [0.1, 0.15) is 34.6 Å². The second-order valence-corrected chi connectivity index (χ2v) is 4.21. The van der Waals surface area contributed by atoms with Crippen molar-refractivity contribution in [3.8, 4) is 0 Å². The molecule has 0 saturated carbocycles. The first-order valence-corrected chi connectivity index (χ1v) is 5.33. The van der Waals surface area contributed by atoms with E-state index in [1.807, 2.05) is 13.8 Å². The van der Waals surface area contributed by atoms with Gasteiger partial charge >= 0.3 is 5.97 Å². The fourth-order valence-electron chi connectivity index (χ4n) is 1.28. The smallest absolute Gasteiger partial charge is 0.337 e. The van der Waals surface area contributed by atoms with Gasteiger partial charge in [-0.3, -0.25) is 4.79 Å². The maximum absolute atomic E-state index is 11.7. The number of carboxylic acids is 1. The molecule has 0 fully saturated rings. The first kappa shape index (κ1) is 13.0. The van der Waals surface area contributed by atoms with Crippen LogP contribution in [0.25, 0.3) is 0 Å². The third-order valence-corrected chi connectivity index (χ3v) is 2.22. The van der Waals surface area contributed by atoms with Crippen molar-refractivity contribution < 1.29 is 14.7 Å². The zero-order chi connectivity index (χ0) is 13.0. The Labute approximate surface area is 99.6 Å². The molecule has 0 bridgehead atoms. The third kappa shape index (κ3) is 3.48. The molecule has 5 nitrogen and oxygen atoms in total. The Morgan fingerprint density at radius 2 is 2.06 bits per heavy atom. The highest BCUT2D eigenvalue weighted by atomic mass is 16.4. The third-order valence-electron chi connectivity index (χ3n) is 2.22. The number of nitrogens with one attached hydrogen (secondary N) is 1. The predicted molar refractivity (Wildman–Crippen MR) is 65.0 cm³/mol. The molecule has 0 aromatic heterocycles. The fourth-order valence-corrected chi connectivity index (χ4v) is 1.28. The summed E-state index contributed by atoms with van der Waals surface area (Å²) in [7, 11) is 0. The molecule has 92 valence electrons. The van der Waals surface area contributed by atoms with Gasteiger partial charge in [-0.15, -0.1) is 0 Å². The van der Waals surface area contributed by atoms with Gasteiger partial charge in [0.2, 0.25) is 0 Å². The van der Waals surface area contributed by atoms with Crippen LogP contribution in [-0.2, 0) is 0 Å². The molecule has 5 heteroatoms. The molecule has 1 aromatic rings. The quantitative estimate of drug-likeness (QED) is 0.688. The predicted octanol–water partition coefficient (Wildman–Crippen LogP) is 1.35. The first-order chi connectivity index (χ1) is 7.91. The Kier molecular flexibility index (Phi) is 4.09. The molecule has 17 heavy (non-hydrogen) atoms. The number of carbonyl (C=O) groups excluding carboxylic acids is 1. The lowest BCUT2D eigenvalue weighted by Crippen LogP contribution is -2.27. The molecule has 4 N–H and O–H groups in total. The Morgan fingerprint density at radius 3 is 2.59 bits per heavy atom. The van der Waals surface area contributed by atoms with Crippen LogP contribution in [0.3, 0.4) is 0 Å². The van der Waals surface area contributed by atoms with E-state index < -0.39 is 5.97 Å². The highest BCUT2D eigenvalue weighted by Gasteiger charge is 2.12. The van der Waals surface area contributed by atoms with Gasteiger partial charge in [-0.05, 0) is 24.1 Å². The van der Waals surface area contributed by atoms with E-state index >= 15 is 0 Å². The van der Waals surface area contributed by atoms with Crippen LogP contribution in [-0.4, -0.2) is 23.5 Å². The summed E-state index contributed by atoms with van der Waals surface area (Å²) < 4.78 is 0. The molecule has 0 aliphatic carbocycles. The standard InChI is InChI=1S/C12H16N2O3/c1-7(2)6-14-11(15)8-3-4-10(13)9(5-8)12(16)17/h3-5,7H,6,13H2,1-2H3,(H,14,15)(H,16,17). The molecule has 0 spiro atoms. The zero-order valence-corrected chi connectivity index (χ0v) is 9.86. The maximum atomic E-state index is 11.7. The molecule has 0 aliphatic rings. The largest absolute Gasteiger partial charge is 0.478 e. The van der Waals surface area contributed by atoms with Gasteiger partial charge in [0, 0.05) is 17.8 Å². The Morgan fingerprint density at radius 1 is 1.41 bits per heavy atom. The van der Waals surface area contributed by atoms with Crippen LogP contribution in [0.4, 0.5) is 5.69 Å². The topological polar surface area (TPSA) is 92.4 Å². The molecule has 0 radical (unpaired) electrons. The molecular weight excluding hydrogens is 220 g/mol. The van der Waals surface area contributed by atoms with Crippen LogP contribution < -0.4 is 11.1 Å². The highest BCUT2D eigenvalue weighted by Crippen LogP contribution is 2.14. The SMILES string of the molecule is CC(C)CNC(=O)c1ccc(N)c(C(=O)O)c1. The van der Waals surface area contributed by atoms with Crippen LogP contribution in [0.15, 0.2) is 18.2 Å². The number of hydrogen-bond donors (Lipinski definition) is 3. The van der Waals surface area contributed by atoms with Crippen LogP contribution in [0.2, 0.25) is 0 Å². The van der Waals surface area contributed by atoms with Gasteiger partial charge in [-0.1, -0.05) is 13.8 Å². The van der Waals surface area contributed by atoms with Gasteiger partial charge in [-0.2, -0.15) is 0 Å². The summed E-state index contributed by atoms with van der Waals surface area (Å²) in [5, 5.41) is 11.6. The molecule has 1 amide bonds. The lowest BCUT2D eigenvalue weighted by atomic mass is 10.1. The molecule has 0 heterocycles. The summed E-state index contributed by atoms with van der Waals surface area (Å²) in [6.45, 7) is 4.50. The zero-order valence-electron chi connectivity index (χ0n) is 9.86. The number of amides is 1. The minimum atomic E-state index is -1.14. The summed E-state index contributed by atoms with van der Waals surface area (Å²) >= 11 is 0. The normalized spacial score (nSPS) is 10.3. The van der Waals surface area contributed by atoms with E-state index in [4.69, 9.17) is 10.8 Å². The van der Waals surface area contributed by atoms with E-state index in [0.717, 1.165) is 0 Å². The highest BCUT2D eigenvalue weighted by molar-refractivity contribution is 6.00. The van der Waals surface area contributed by atoms with E-state index in [1.54, 1.807) is 0 Å². The van der Waals surface area contributed by atoms with Crippen LogP contribution in [0, 0.1) is 5.92 Å². The molecule has 0 atom stereocenters. The average molecular weight is 236 g/mol. The lowest BCUT2D eigenvalue weighted by Gasteiger charge is -2.08. The van der Waals surface area contributed by atoms with Crippen molar-refractivity contribution in [3.63, 3.8) is 0 Å². The number of carbonyl (C=O) groups is 2. The number of anilines is 1. The molecule has 0 saturated heterocycles. The number of rotatable bonds is 4. The van der Waals surface area contributed by atoms with Gasteiger partial charge in [-0.25, -0.2) is 4.79 Å². The summed E-state index contributed by atoms with van der Waals surface area (Å²) in [6, 6.07) is 4.22. The number of carboxylic acid groups (broad SMARTS) is 1. The number of benzene rings is 1. The minimum Gasteiger partial charge on any atom is -0.478 e. The Hall–Kier alpha value is -2.04. The van der Waals surface area contributed by atoms with E-state index in [2.05, 4.69) is 5.32 Å². The molecule has 0 unspecified atom stereocenters. The first-order valence-electron chi connectivity index (χ1n) is 5.33. The fraction of sp³-hybridized carbons (Fsp3) is 0.333. The second kappa shape index (κ2) is 5.34. The molecule has 1 rings (SSSR count). The van der Waals surface area contributed by atoms with Crippen molar-refractivity contribution in [1.29, 1.82) is 0 Å². The van der Waals surface area contributed by atoms with Crippen molar-refractivity contribution in [2.45, 2.75) is 13.8 Å². The van der Waals surface area contributed by atoms with Crippen molar-refractivity contribution in [2.24, 2.45) is 5.92 Å². The van der Waals surface area contributed by atoms with Crippen molar-refractivity contribution in [2.75, 3.05) is 12.3 Å². The van der Waals surface area contributed by atoms with Crippen molar-refractivity contribution >= 4 is 17.6 Å². The van der Waals surface area contributed by atoms with Gasteiger partial charge in [0.1, 0.15) is 0 Å². The number of aromatic carboxylic acids is 1. The van der Waals surface area contributed by atoms with Crippen LogP contribution in [0.5, 0.6) is 0 Å². The molecular formula is C12H16N2O3. The summed E-state index contributed by atoms with van der Waals surface area (Å²) in [6.07, 6.45) is 0. The lowest BCUT2D eigenvalue weighted by molar-refractivity contribution is 0.0698. The monoisotopic (exact) mass is 236 g/mol. The molecule has 0 aliphatic heterocycles. The average Bonchev–Trinajstić information content (AvgIpc) is 2.26. The Balaban J connectivity index is 2.88. The van der Waals surface area contributed by atoms with Crippen LogP contribution >= 0.6 is 0 Å². The summed E-state index contributed by atoms with van der Waals surface area (Å²) in [5.41, 5.74) is 5.90. The minimum absolute atomic E-state index is 0.0535. The van der Waals surface area contributed by atoms with Gasteiger partial charge in [0.15, 0.2) is 0 Å². The second-order valence-electron chi connectivity index (χ2n) is 4.21. The number of nitrogens with two attached hydrogens (primary N) is 1. The van der Waals surface area contributed by atoms with Gasteiger partial charge < -0.3 is 16.2 Å². The van der Waals surface area contributed by atoms with Crippen molar-refractivity contribution in [3.05, 3.63) is 29.3 Å². The number of nitrogen functional groups attached to an aromatic ring is 1. The molecule has 1 aromatic carbocycles. The van der Waals surface area contributed by atoms with Crippen molar-refractivity contribution in [1.82, 2.24) is 5.32 Å². The van der Waals surface area contributed by atoms with E-state index in [-0.39, 0.29) is 17.2 Å². The van der Waals surface area contributed by atoms with Gasteiger partial charge in [0.05, 0.1) is 5.56 Å². The van der Waals surface area contributed by atoms with Gasteiger partial charge in [0.25, 0.3) is 5.91 Å². The summed E-state index contributed by atoms with van der Waals surface area (Å²) in [5.74, 6) is -1.09. The van der Waals surface area contributed by atoms with E-state index in [1.165, 1.54) is 18.2 Å². The summed E-state index contributed by atoms with van der Waals surface area (Å²) in [4.78, 5) is 22.5. The van der Waals surface area contributed by atoms with E-state index in [9.17, 15) is 9.59 Å². The van der Waals surface area contributed by atoms with E-state index in [0.29, 0.717) is 18.0 Å². The maximum Gasteiger partial charge on any atom is 0.337 e. The Bertz CT molecular complexity index is 441.